The molecule has 5 nitrogen and oxygen atoms in total. The third-order valence-electron chi connectivity index (χ3n) is 4.70. The van der Waals surface area contributed by atoms with Crippen molar-refractivity contribution in [2.45, 2.75) is 13.5 Å². The number of para-hydroxylation sites is 1. The number of aromatic nitrogens is 1. The Morgan fingerprint density at radius 1 is 1.07 bits per heavy atom. The highest BCUT2D eigenvalue weighted by Gasteiger charge is 2.09. The van der Waals surface area contributed by atoms with Crippen molar-refractivity contribution < 1.29 is 9.53 Å². The van der Waals surface area contributed by atoms with Crippen LogP contribution in [0.25, 0.3) is 21.8 Å². The summed E-state index contributed by atoms with van der Waals surface area (Å²) in [5, 5.41) is 6.45. The average Bonchev–Trinajstić information content (AvgIpc) is 3.06. The van der Waals surface area contributed by atoms with Crippen molar-refractivity contribution in [2.75, 3.05) is 6.61 Å². The monoisotopic (exact) mass is 449 g/mol. The summed E-state index contributed by atoms with van der Waals surface area (Å²) in [4.78, 5) is 11.9. The molecule has 0 aliphatic heterocycles. The molecule has 0 fully saturated rings. The van der Waals surface area contributed by atoms with Crippen LogP contribution in [0.1, 0.15) is 12.5 Å². The molecule has 0 saturated heterocycles. The third-order valence-corrected chi connectivity index (χ3v) is 5.23. The van der Waals surface area contributed by atoms with Gasteiger partial charge in [0, 0.05) is 32.8 Å². The molecule has 1 heterocycles. The van der Waals surface area contributed by atoms with Gasteiger partial charge in [-0.15, -0.1) is 0 Å². The molecule has 0 spiro atoms. The fraction of sp³-hybridized carbons (Fsp3) is 0.130. The molecule has 0 unspecified atom stereocenters. The molecule has 1 amide bonds. The van der Waals surface area contributed by atoms with Crippen LogP contribution >= 0.6 is 15.9 Å². The average molecular weight is 450 g/mol. The Kier molecular flexibility index (Phi) is 5.62. The minimum Gasteiger partial charge on any atom is -0.484 e. The summed E-state index contributed by atoms with van der Waals surface area (Å²) in [5.74, 6) is 0.318. The van der Waals surface area contributed by atoms with E-state index < -0.39 is 0 Å². The van der Waals surface area contributed by atoms with E-state index in [1.165, 1.54) is 21.8 Å². The van der Waals surface area contributed by atoms with Crippen LogP contribution in [0, 0.1) is 0 Å². The van der Waals surface area contributed by atoms with Gasteiger partial charge in [-0.3, -0.25) is 4.79 Å². The van der Waals surface area contributed by atoms with E-state index in [1.807, 2.05) is 24.3 Å². The lowest BCUT2D eigenvalue weighted by atomic mass is 10.1. The summed E-state index contributed by atoms with van der Waals surface area (Å²) in [5.41, 5.74) is 5.84. The number of hydrogen-bond donors (Lipinski definition) is 1. The number of nitrogens with one attached hydrogen (secondary N) is 1. The predicted octanol–water partition coefficient (Wildman–Crippen LogP) is 5.11. The largest absolute Gasteiger partial charge is 0.484 e. The minimum absolute atomic E-state index is 0.0952. The minimum atomic E-state index is -0.312. The maximum atomic E-state index is 11.9. The van der Waals surface area contributed by atoms with Crippen LogP contribution in [0.2, 0.25) is 0 Å². The van der Waals surface area contributed by atoms with Gasteiger partial charge >= 0.3 is 0 Å². The number of benzene rings is 3. The second kappa shape index (κ2) is 8.49. The number of ether oxygens (including phenoxy) is 1. The van der Waals surface area contributed by atoms with Crippen molar-refractivity contribution in [2.24, 2.45) is 5.10 Å². The van der Waals surface area contributed by atoms with Crippen molar-refractivity contribution in [1.82, 2.24) is 9.99 Å². The van der Waals surface area contributed by atoms with E-state index >= 15 is 0 Å². The summed E-state index contributed by atoms with van der Waals surface area (Å²) >= 11 is 3.36. The van der Waals surface area contributed by atoms with Crippen LogP contribution in [0.5, 0.6) is 5.75 Å². The van der Waals surface area contributed by atoms with E-state index in [1.54, 1.807) is 18.3 Å². The molecule has 0 bridgehead atoms. The highest BCUT2D eigenvalue weighted by atomic mass is 79.9. The number of amides is 1. The highest BCUT2D eigenvalue weighted by molar-refractivity contribution is 9.10. The number of halogens is 1. The van der Waals surface area contributed by atoms with Crippen molar-refractivity contribution in [3.63, 3.8) is 0 Å². The summed E-state index contributed by atoms with van der Waals surface area (Å²) in [7, 11) is 0. The molecule has 146 valence electrons. The van der Waals surface area contributed by atoms with E-state index in [0.29, 0.717) is 5.75 Å². The number of hydrazone groups is 1. The van der Waals surface area contributed by atoms with Gasteiger partial charge in [0.2, 0.25) is 0 Å². The van der Waals surface area contributed by atoms with Gasteiger partial charge < -0.3 is 9.30 Å². The van der Waals surface area contributed by atoms with Crippen LogP contribution in [-0.4, -0.2) is 23.3 Å². The first-order valence-corrected chi connectivity index (χ1v) is 10.2. The molecular weight excluding hydrogens is 430 g/mol. The smallest absolute Gasteiger partial charge is 0.277 e. The molecule has 1 aromatic heterocycles. The van der Waals surface area contributed by atoms with Gasteiger partial charge in [-0.1, -0.05) is 40.2 Å². The van der Waals surface area contributed by atoms with E-state index in [4.69, 9.17) is 4.74 Å². The lowest BCUT2D eigenvalue weighted by Crippen LogP contribution is -2.24. The Hall–Kier alpha value is -3.12. The van der Waals surface area contributed by atoms with Gasteiger partial charge in [-0.2, -0.15) is 5.10 Å². The molecule has 0 aliphatic rings. The number of carbonyl (C=O) groups is 1. The predicted molar refractivity (Wildman–Crippen MR) is 120 cm³/mol. The summed E-state index contributed by atoms with van der Waals surface area (Å²) in [6.07, 6.45) is 1.65. The maximum Gasteiger partial charge on any atom is 0.277 e. The van der Waals surface area contributed by atoms with Crippen LogP contribution < -0.4 is 10.2 Å². The number of aryl methyl sites for hydroxylation is 1. The molecule has 29 heavy (non-hydrogen) atoms. The zero-order chi connectivity index (χ0) is 20.2. The molecule has 0 atom stereocenters. The van der Waals surface area contributed by atoms with E-state index in [-0.39, 0.29) is 12.5 Å². The van der Waals surface area contributed by atoms with Gasteiger partial charge in [-0.25, -0.2) is 5.43 Å². The molecule has 4 rings (SSSR count). The standard InChI is InChI=1S/C23H20BrN3O2/c1-2-27-21-6-4-3-5-19(21)20-13-16(7-12-22(20)27)14-25-26-23(28)15-29-18-10-8-17(24)9-11-18/h3-14H,2,15H2,1H3,(H,26,28)/b25-14+. The highest BCUT2D eigenvalue weighted by Crippen LogP contribution is 2.29. The summed E-state index contributed by atoms with van der Waals surface area (Å²) in [6, 6.07) is 21.9. The van der Waals surface area contributed by atoms with Gasteiger partial charge in [0.05, 0.1) is 6.21 Å². The molecule has 4 aromatic rings. The van der Waals surface area contributed by atoms with Crippen molar-refractivity contribution in [3.05, 3.63) is 76.8 Å². The Labute approximate surface area is 177 Å². The molecular formula is C23H20BrN3O2. The first-order valence-electron chi connectivity index (χ1n) is 9.37. The van der Waals surface area contributed by atoms with Gasteiger partial charge in [0.1, 0.15) is 5.75 Å². The number of fused-ring (bicyclic) bond motifs is 3. The summed E-state index contributed by atoms with van der Waals surface area (Å²) < 4.78 is 8.69. The lowest BCUT2D eigenvalue weighted by molar-refractivity contribution is -0.123. The van der Waals surface area contributed by atoms with Crippen molar-refractivity contribution >= 4 is 49.9 Å². The normalized spacial score (nSPS) is 11.4. The number of nitrogens with zero attached hydrogens (tertiary/aromatic N) is 2. The third kappa shape index (κ3) is 4.17. The molecule has 0 aliphatic carbocycles. The van der Waals surface area contributed by atoms with Crippen LogP contribution in [-0.2, 0) is 11.3 Å². The maximum absolute atomic E-state index is 11.9. The Morgan fingerprint density at radius 3 is 2.62 bits per heavy atom. The zero-order valence-electron chi connectivity index (χ0n) is 15.9. The fourth-order valence-electron chi connectivity index (χ4n) is 3.38. The second-order valence-electron chi connectivity index (χ2n) is 6.57. The SMILES string of the molecule is CCn1c2ccccc2c2cc(/C=N/NC(=O)COc3ccc(Br)cc3)ccc21. The van der Waals surface area contributed by atoms with E-state index in [0.717, 1.165) is 16.6 Å². The lowest BCUT2D eigenvalue weighted by Gasteiger charge is -2.05. The number of rotatable bonds is 6. The molecule has 6 heteroatoms. The molecule has 1 N–H and O–H groups in total. The van der Waals surface area contributed by atoms with Gasteiger partial charge in [-0.05, 0) is 55.0 Å². The summed E-state index contributed by atoms with van der Waals surface area (Å²) in [6.45, 7) is 2.96. The van der Waals surface area contributed by atoms with E-state index in [9.17, 15) is 4.79 Å². The Bertz CT molecular complexity index is 1200. The van der Waals surface area contributed by atoms with Crippen LogP contribution in [0.15, 0.2) is 76.3 Å². The fourth-order valence-corrected chi connectivity index (χ4v) is 3.65. The van der Waals surface area contributed by atoms with Gasteiger partial charge in [0.25, 0.3) is 5.91 Å². The second-order valence-corrected chi connectivity index (χ2v) is 7.49. The molecule has 0 radical (unpaired) electrons. The first-order chi connectivity index (χ1) is 14.2. The Balaban J connectivity index is 1.45. The first kappa shape index (κ1) is 19.2. The number of carbonyl (C=O) groups excluding carboxylic acids is 1. The quantitative estimate of drug-likeness (QED) is 0.328. The topological polar surface area (TPSA) is 55.6 Å². The molecule has 0 saturated carbocycles. The Morgan fingerprint density at radius 2 is 1.83 bits per heavy atom. The zero-order valence-corrected chi connectivity index (χ0v) is 17.5. The van der Waals surface area contributed by atoms with Gasteiger partial charge in [0.15, 0.2) is 6.61 Å². The number of hydrogen-bond acceptors (Lipinski definition) is 3. The van der Waals surface area contributed by atoms with Crippen molar-refractivity contribution in [1.29, 1.82) is 0 Å². The molecule has 3 aromatic carbocycles. The van der Waals surface area contributed by atoms with Crippen molar-refractivity contribution in [3.8, 4) is 5.75 Å². The van der Waals surface area contributed by atoms with E-state index in [2.05, 4.69) is 68.3 Å². The van der Waals surface area contributed by atoms with Crippen LogP contribution in [0.3, 0.4) is 0 Å². The van der Waals surface area contributed by atoms with Crippen LogP contribution in [0.4, 0.5) is 0 Å².